The quantitative estimate of drug-likeness (QED) is 0.681. The van der Waals surface area contributed by atoms with Crippen molar-refractivity contribution in [1.29, 1.82) is 0 Å². The molecule has 0 aliphatic carbocycles. The van der Waals surface area contributed by atoms with Gasteiger partial charge >= 0.3 is 0 Å². The van der Waals surface area contributed by atoms with Crippen LogP contribution in [0.2, 0.25) is 0 Å². The summed E-state index contributed by atoms with van der Waals surface area (Å²) < 4.78 is 11.0. The maximum absolute atomic E-state index is 12.5. The third-order valence-corrected chi connectivity index (χ3v) is 4.38. The molecule has 4 heterocycles. The van der Waals surface area contributed by atoms with E-state index in [9.17, 15) is 14.7 Å². The standard InChI is InChI=1S/C14H13NO5/c16-12-11-10(13(17)18)9-3-4-14(11,20-9)7-15(12)6-8-2-1-5-19-8/h1-5,9-11H,6-7H2,(H,17,18)/p-1/t9-,10+,11+,14-/m1/s1. The lowest BCUT2D eigenvalue weighted by Gasteiger charge is -2.24. The van der Waals surface area contributed by atoms with Crippen LogP contribution in [0, 0.1) is 11.8 Å². The highest BCUT2D eigenvalue weighted by atomic mass is 16.5. The van der Waals surface area contributed by atoms with Crippen molar-refractivity contribution in [1.82, 2.24) is 4.90 Å². The van der Waals surface area contributed by atoms with E-state index >= 15 is 0 Å². The lowest BCUT2D eigenvalue weighted by molar-refractivity contribution is -0.313. The van der Waals surface area contributed by atoms with Crippen LogP contribution in [-0.2, 0) is 20.9 Å². The van der Waals surface area contributed by atoms with Gasteiger partial charge in [0.1, 0.15) is 11.4 Å². The number of aliphatic carboxylic acids is 1. The molecule has 104 valence electrons. The summed E-state index contributed by atoms with van der Waals surface area (Å²) in [6.07, 6.45) is 4.54. The van der Waals surface area contributed by atoms with Crippen molar-refractivity contribution in [3.05, 3.63) is 36.3 Å². The van der Waals surface area contributed by atoms with Gasteiger partial charge in [0, 0.05) is 11.9 Å². The molecule has 2 bridgehead atoms. The summed E-state index contributed by atoms with van der Waals surface area (Å²) in [4.78, 5) is 25.4. The molecule has 6 nitrogen and oxygen atoms in total. The summed E-state index contributed by atoms with van der Waals surface area (Å²) in [6, 6.07) is 3.53. The predicted molar refractivity (Wildman–Crippen MR) is 62.9 cm³/mol. The van der Waals surface area contributed by atoms with Crippen molar-refractivity contribution in [2.75, 3.05) is 6.54 Å². The number of likely N-dealkylation sites (tertiary alicyclic amines) is 1. The minimum absolute atomic E-state index is 0.206. The van der Waals surface area contributed by atoms with Gasteiger partial charge in [-0.05, 0) is 12.1 Å². The van der Waals surface area contributed by atoms with Gasteiger partial charge in [-0.2, -0.15) is 0 Å². The van der Waals surface area contributed by atoms with E-state index in [1.807, 2.05) is 6.08 Å². The van der Waals surface area contributed by atoms with E-state index in [0.717, 1.165) is 0 Å². The van der Waals surface area contributed by atoms with Gasteiger partial charge in [-0.15, -0.1) is 0 Å². The molecule has 2 saturated heterocycles. The number of carbonyl (C=O) groups excluding carboxylic acids is 2. The first-order chi connectivity index (χ1) is 9.61. The number of fused-ring (bicyclic) bond motifs is 1. The van der Waals surface area contributed by atoms with E-state index in [-0.39, 0.29) is 5.91 Å². The Balaban J connectivity index is 1.65. The molecule has 0 radical (unpaired) electrons. The molecule has 0 N–H and O–H groups in total. The molecule has 3 aliphatic rings. The highest BCUT2D eigenvalue weighted by molar-refractivity contribution is 5.90. The fraction of sp³-hybridized carbons (Fsp3) is 0.429. The van der Waals surface area contributed by atoms with Gasteiger partial charge < -0.3 is 24.0 Å². The van der Waals surface area contributed by atoms with Crippen LogP contribution in [0.15, 0.2) is 35.0 Å². The average molecular weight is 274 g/mol. The molecule has 20 heavy (non-hydrogen) atoms. The third kappa shape index (κ3) is 1.37. The second kappa shape index (κ2) is 3.73. The van der Waals surface area contributed by atoms with Crippen LogP contribution >= 0.6 is 0 Å². The fourth-order valence-corrected chi connectivity index (χ4v) is 3.57. The van der Waals surface area contributed by atoms with Crippen LogP contribution < -0.4 is 5.11 Å². The molecule has 0 saturated carbocycles. The second-order valence-electron chi connectivity index (χ2n) is 5.49. The lowest BCUT2D eigenvalue weighted by Crippen LogP contribution is -2.45. The Morgan fingerprint density at radius 2 is 2.40 bits per heavy atom. The highest BCUT2D eigenvalue weighted by Crippen LogP contribution is 2.51. The van der Waals surface area contributed by atoms with Gasteiger partial charge in [0.25, 0.3) is 0 Å². The Hall–Kier alpha value is -2.08. The van der Waals surface area contributed by atoms with Crippen molar-refractivity contribution in [2.45, 2.75) is 18.2 Å². The predicted octanol–water partition coefficient (Wildman–Crippen LogP) is -0.688. The largest absolute Gasteiger partial charge is 0.550 e. The summed E-state index contributed by atoms with van der Waals surface area (Å²) in [6.45, 7) is 0.680. The van der Waals surface area contributed by atoms with Crippen LogP contribution in [0.3, 0.4) is 0 Å². The maximum atomic E-state index is 12.5. The molecule has 0 unspecified atom stereocenters. The maximum Gasteiger partial charge on any atom is 0.230 e. The van der Waals surface area contributed by atoms with Crippen molar-refractivity contribution in [2.24, 2.45) is 11.8 Å². The zero-order valence-corrected chi connectivity index (χ0v) is 10.5. The number of amides is 1. The molecule has 0 aromatic carbocycles. The summed E-state index contributed by atoms with van der Waals surface area (Å²) in [5.41, 5.74) is -0.806. The molecular weight excluding hydrogens is 262 g/mol. The van der Waals surface area contributed by atoms with Crippen LogP contribution in [0.5, 0.6) is 0 Å². The first kappa shape index (κ1) is 11.7. The number of hydrogen-bond acceptors (Lipinski definition) is 5. The van der Waals surface area contributed by atoms with Gasteiger partial charge in [-0.3, -0.25) is 4.79 Å². The number of carboxylic acid groups (broad SMARTS) is 1. The van der Waals surface area contributed by atoms with Crippen LogP contribution in [0.25, 0.3) is 0 Å². The number of rotatable bonds is 3. The lowest BCUT2D eigenvalue weighted by atomic mass is 9.77. The number of carbonyl (C=O) groups is 2. The zero-order valence-electron chi connectivity index (χ0n) is 10.5. The van der Waals surface area contributed by atoms with Gasteiger partial charge in [0.2, 0.25) is 5.91 Å². The summed E-state index contributed by atoms with van der Waals surface area (Å²) >= 11 is 0. The van der Waals surface area contributed by atoms with E-state index in [2.05, 4.69) is 0 Å². The van der Waals surface area contributed by atoms with Crippen molar-refractivity contribution < 1.29 is 23.8 Å². The third-order valence-electron chi connectivity index (χ3n) is 4.38. The van der Waals surface area contributed by atoms with Crippen LogP contribution in [0.4, 0.5) is 0 Å². The van der Waals surface area contributed by atoms with E-state index in [0.29, 0.717) is 18.8 Å². The number of carboxylic acids is 1. The van der Waals surface area contributed by atoms with E-state index in [1.54, 1.807) is 29.4 Å². The van der Waals surface area contributed by atoms with Crippen molar-refractivity contribution >= 4 is 11.9 Å². The fourth-order valence-electron chi connectivity index (χ4n) is 3.57. The van der Waals surface area contributed by atoms with Crippen molar-refractivity contribution in [3.63, 3.8) is 0 Å². The zero-order chi connectivity index (χ0) is 13.9. The monoisotopic (exact) mass is 274 g/mol. The molecule has 2 fully saturated rings. The molecule has 6 heteroatoms. The molecule has 1 aromatic heterocycles. The summed E-state index contributed by atoms with van der Waals surface area (Å²) in [5, 5.41) is 11.3. The first-order valence-electron chi connectivity index (χ1n) is 6.50. The van der Waals surface area contributed by atoms with E-state index in [4.69, 9.17) is 9.15 Å². The highest BCUT2D eigenvalue weighted by Gasteiger charge is 2.65. The minimum atomic E-state index is -1.22. The van der Waals surface area contributed by atoms with Gasteiger partial charge in [0.15, 0.2) is 0 Å². The average Bonchev–Trinajstić information content (AvgIpc) is 3.12. The van der Waals surface area contributed by atoms with Gasteiger partial charge in [-0.1, -0.05) is 12.2 Å². The number of furan rings is 1. The van der Waals surface area contributed by atoms with E-state index < -0.39 is 29.5 Å². The Labute approximate surface area is 114 Å². The van der Waals surface area contributed by atoms with Gasteiger partial charge in [0.05, 0.1) is 31.4 Å². The Morgan fingerprint density at radius 1 is 1.55 bits per heavy atom. The molecule has 3 aliphatic heterocycles. The van der Waals surface area contributed by atoms with Crippen LogP contribution in [0.1, 0.15) is 5.76 Å². The molecule has 4 atom stereocenters. The SMILES string of the molecule is O=C([O-])[C@@H]1[C@H]2C(=O)N(Cc3ccco3)C[C@]23C=C[C@H]1O3. The van der Waals surface area contributed by atoms with Crippen molar-refractivity contribution in [3.8, 4) is 0 Å². The Bertz CT molecular complexity index is 607. The second-order valence-corrected chi connectivity index (χ2v) is 5.49. The Kier molecular flexibility index (Phi) is 2.18. The molecule has 4 rings (SSSR count). The summed E-state index contributed by atoms with van der Waals surface area (Å²) in [7, 11) is 0. The smallest absolute Gasteiger partial charge is 0.230 e. The minimum Gasteiger partial charge on any atom is -0.550 e. The summed E-state index contributed by atoms with van der Waals surface area (Å²) in [5.74, 6) is -2.34. The van der Waals surface area contributed by atoms with E-state index in [1.165, 1.54) is 0 Å². The van der Waals surface area contributed by atoms with Crippen LogP contribution in [-0.4, -0.2) is 35.0 Å². The topological polar surface area (TPSA) is 82.8 Å². The molecule has 1 spiro atoms. The number of nitrogens with zero attached hydrogens (tertiary/aromatic N) is 1. The molecule has 1 aromatic rings. The Morgan fingerprint density at radius 3 is 3.10 bits per heavy atom. The van der Waals surface area contributed by atoms with Gasteiger partial charge in [-0.25, -0.2) is 0 Å². The first-order valence-corrected chi connectivity index (χ1v) is 6.50. The molecular formula is C14H12NO5-. The number of hydrogen-bond donors (Lipinski definition) is 0. The normalized spacial score (nSPS) is 37.7. The number of ether oxygens (including phenoxy) is 1. The molecule has 1 amide bonds.